The fraction of sp³-hybridized carbons (Fsp3) is 0.400. The quantitative estimate of drug-likeness (QED) is 0.886. The maximum absolute atomic E-state index is 4.06. The Balaban J connectivity index is 1.79. The fourth-order valence-corrected chi connectivity index (χ4v) is 2.76. The zero-order valence-corrected chi connectivity index (χ0v) is 11.3. The standard InChI is InChI=1S/C15H20N4/c1-19-8-4-6-14(13-5-2-3-7-15(13)19)17-10-12-9-16-11-18-12/h2-3,5,7,9,11,14,17H,4,6,8,10H2,1H3,(H,16,18). The minimum absolute atomic E-state index is 0.421. The zero-order chi connectivity index (χ0) is 13.1. The van der Waals surface area contributed by atoms with Crippen molar-refractivity contribution in [3.63, 3.8) is 0 Å². The highest BCUT2D eigenvalue weighted by molar-refractivity contribution is 5.55. The van der Waals surface area contributed by atoms with Crippen molar-refractivity contribution < 1.29 is 0 Å². The lowest BCUT2D eigenvalue weighted by Crippen LogP contribution is -2.21. The van der Waals surface area contributed by atoms with Gasteiger partial charge in [0.25, 0.3) is 0 Å². The van der Waals surface area contributed by atoms with Crippen molar-refractivity contribution in [1.29, 1.82) is 0 Å². The van der Waals surface area contributed by atoms with Crippen molar-refractivity contribution in [2.45, 2.75) is 25.4 Å². The number of para-hydroxylation sites is 1. The van der Waals surface area contributed by atoms with E-state index in [-0.39, 0.29) is 0 Å². The van der Waals surface area contributed by atoms with Crippen molar-refractivity contribution in [2.24, 2.45) is 0 Å². The SMILES string of the molecule is CN1CCCC(NCc2cnc[nH]2)c2ccccc21. The first-order valence-corrected chi connectivity index (χ1v) is 6.85. The normalized spacial score (nSPS) is 19.0. The highest BCUT2D eigenvalue weighted by Crippen LogP contribution is 2.31. The lowest BCUT2D eigenvalue weighted by atomic mass is 10.0. The minimum atomic E-state index is 0.421. The second kappa shape index (κ2) is 5.45. The van der Waals surface area contributed by atoms with Gasteiger partial charge < -0.3 is 15.2 Å². The van der Waals surface area contributed by atoms with Crippen LogP contribution in [0.4, 0.5) is 5.69 Å². The molecule has 100 valence electrons. The molecule has 2 aromatic rings. The van der Waals surface area contributed by atoms with E-state index in [0.29, 0.717) is 6.04 Å². The van der Waals surface area contributed by atoms with Crippen molar-refractivity contribution in [3.8, 4) is 0 Å². The molecule has 2 N–H and O–H groups in total. The maximum Gasteiger partial charge on any atom is 0.0922 e. The van der Waals surface area contributed by atoms with Crippen LogP contribution in [0.5, 0.6) is 0 Å². The molecule has 0 amide bonds. The summed E-state index contributed by atoms with van der Waals surface area (Å²) in [7, 11) is 2.18. The average molecular weight is 256 g/mol. The van der Waals surface area contributed by atoms with Crippen molar-refractivity contribution in [3.05, 3.63) is 48.0 Å². The van der Waals surface area contributed by atoms with Crippen LogP contribution >= 0.6 is 0 Å². The molecule has 1 atom stereocenters. The largest absolute Gasteiger partial charge is 0.374 e. The summed E-state index contributed by atoms with van der Waals surface area (Å²) in [5.41, 5.74) is 3.89. The van der Waals surface area contributed by atoms with E-state index in [1.165, 1.54) is 24.1 Å². The van der Waals surface area contributed by atoms with Crippen molar-refractivity contribution in [2.75, 3.05) is 18.5 Å². The summed E-state index contributed by atoms with van der Waals surface area (Å²) in [6, 6.07) is 9.12. The number of aromatic amines is 1. The number of hydrogen-bond donors (Lipinski definition) is 2. The molecule has 4 nitrogen and oxygen atoms in total. The summed E-state index contributed by atoms with van der Waals surface area (Å²) in [6.45, 7) is 1.96. The number of aromatic nitrogens is 2. The number of anilines is 1. The Kier molecular flexibility index (Phi) is 3.51. The number of rotatable bonds is 3. The van der Waals surface area contributed by atoms with Crippen LogP contribution in [0.15, 0.2) is 36.8 Å². The Labute approximate surface area is 113 Å². The number of H-pyrrole nitrogens is 1. The summed E-state index contributed by atoms with van der Waals surface area (Å²) in [5.74, 6) is 0. The van der Waals surface area contributed by atoms with Crippen LogP contribution in [0.1, 0.15) is 30.1 Å². The predicted molar refractivity (Wildman–Crippen MR) is 77.1 cm³/mol. The van der Waals surface area contributed by atoms with E-state index >= 15 is 0 Å². The monoisotopic (exact) mass is 256 g/mol. The van der Waals surface area contributed by atoms with E-state index in [0.717, 1.165) is 18.8 Å². The van der Waals surface area contributed by atoms with Crippen LogP contribution in [0.2, 0.25) is 0 Å². The van der Waals surface area contributed by atoms with E-state index in [1.54, 1.807) is 6.33 Å². The van der Waals surface area contributed by atoms with Gasteiger partial charge in [-0.2, -0.15) is 0 Å². The third-order valence-corrected chi connectivity index (χ3v) is 3.80. The van der Waals surface area contributed by atoms with Crippen LogP contribution in [0, 0.1) is 0 Å². The minimum Gasteiger partial charge on any atom is -0.374 e. The van der Waals surface area contributed by atoms with Crippen molar-refractivity contribution in [1.82, 2.24) is 15.3 Å². The number of benzene rings is 1. The van der Waals surface area contributed by atoms with Gasteiger partial charge >= 0.3 is 0 Å². The predicted octanol–water partition coefficient (Wildman–Crippen LogP) is 2.47. The highest BCUT2D eigenvalue weighted by atomic mass is 15.1. The van der Waals surface area contributed by atoms with Gasteiger partial charge in [0.1, 0.15) is 0 Å². The molecule has 0 spiro atoms. The van der Waals surface area contributed by atoms with E-state index in [9.17, 15) is 0 Å². The van der Waals surface area contributed by atoms with Gasteiger partial charge in [0, 0.05) is 43.8 Å². The molecule has 1 aromatic carbocycles. The van der Waals surface area contributed by atoms with Gasteiger partial charge in [-0.05, 0) is 24.5 Å². The molecule has 0 aliphatic carbocycles. The van der Waals surface area contributed by atoms with Crippen LogP contribution in [0.25, 0.3) is 0 Å². The Morgan fingerprint density at radius 1 is 1.42 bits per heavy atom. The Morgan fingerprint density at radius 3 is 3.16 bits per heavy atom. The number of hydrogen-bond acceptors (Lipinski definition) is 3. The molecule has 0 fully saturated rings. The zero-order valence-electron chi connectivity index (χ0n) is 11.3. The number of nitrogens with zero attached hydrogens (tertiary/aromatic N) is 2. The van der Waals surface area contributed by atoms with Gasteiger partial charge in [-0.3, -0.25) is 0 Å². The molecule has 4 heteroatoms. The van der Waals surface area contributed by atoms with Gasteiger partial charge in [0.15, 0.2) is 0 Å². The summed E-state index contributed by atoms with van der Waals surface area (Å²) in [6.07, 6.45) is 5.99. The first kappa shape index (κ1) is 12.2. The second-order valence-corrected chi connectivity index (χ2v) is 5.13. The van der Waals surface area contributed by atoms with Crippen LogP contribution in [0.3, 0.4) is 0 Å². The smallest absolute Gasteiger partial charge is 0.0922 e. The number of fused-ring (bicyclic) bond motifs is 1. The van der Waals surface area contributed by atoms with Gasteiger partial charge in [-0.1, -0.05) is 18.2 Å². The van der Waals surface area contributed by atoms with Gasteiger partial charge in [0.2, 0.25) is 0 Å². The summed E-state index contributed by atoms with van der Waals surface area (Å²) < 4.78 is 0. The molecule has 1 aliphatic rings. The Morgan fingerprint density at radius 2 is 2.32 bits per heavy atom. The number of nitrogens with one attached hydrogen (secondary N) is 2. The molecule has 0 radical (unpaired) electrons. The maximum atomic E-state index is 4.06. The summed E-state index contributed by atoms with van der Waals surface area (Å²) in [4.78, 5) is 9.55. The Bertz CT molecular complexity index is 521. The van der Waals surface area contributed by atoms with Gasteiger partial charge in [-0.25, -0.2) is 4.98 Å². The lowest BCUT2D eigenvalue weighted by Gasteiger charge is -2.22. The van der Waals surface area contributed by atoms with Gasteiger partial charge in [0.05, 0.1) is 6.33 Å². The van der Waals surface area contributed by atoms with E-state index in [2.05, 4.69) is 51.5 Å². The molecule has 0 saturated carbocycles. The third-order valence-electron chi connectivity index (χ3n) is 3.80. The molecule has 1 aliphatic heterocycles. The molecular formula is C15H20N4. The average Bonchev–Trinajstić information content (AvgIpc) is 2.90. The highest BCUT2D eigenvalue weighted by Gasteiger charge is 2.20. The van der Waals surface area contributed by atoms with Crippen molar-refractivity contribution >= 4 is 5.69 Å². The van der Waals surface area contributed by atoms with Gasteiger partial charge in [-0.15, -0.1) is 0 Å². The van der Waals surface area contributed by atoms with E-state index in [4.69, 9.17) is 0 Å². The molecule has 1 unspecified atom stereocenters. The van der Waals surface area contributed by atoms with E-state index in [1.807, 2.05) is 6.20 Å². The van der Waals surface area contributed by atoms with Crippen LogP contribution in [-0.2, 0) is 6.54 Å². The molecule has 0 saturated heterocycles. The Hall–Kier alpha value is -1.81. The molecule has 3 rings (SSSR count). The third kappa shape index (κ3) is 2.63. The first-order valence-electron chi connectivity index (χ1n) is 6.85. The number of imidazole rings is 1. The molecule has 19 heavy (non-hydrogen) atoms. The molecule has 0 bridgehead atoms. The molecule has 1 aromatic heterocycles. The van der Waals surface area contributed by atoms with E-state index < -0.39 is 0 Å². The topological polar surface area (TPSA) is 44.0 Å². The van der Waals surface area contributed by atoms with Crippen LogP contribution < -0.4 is 10.2 Å². The molecular weight excluding hydrogens is 236 g/mol. The lowest BCUT2D eigenvalue weighted by molar-refractivity contribution is 0.493. The molecule has 2 heterocycles. The summed E-state index contributed by atoms with van der Waals surface area (Å²) >= 11 is 0. The first-order chi connectivity index (χ1) is 9.34. The van der Waals surface area contributed by atoms with Crippen LogP contribution in [-0.4, -0.2) is 23.6 Å². The second-order valence-electron chi connectivity index (χ2n) is 5.13. The fourth-order valence-electron chi connectivity index (χ4n) is 2.76. The summed E-state index contributed by atoms with van der Waals surface area (Å²) in [5, 5.41) is 3.64.